The summed E-state index contributed by atoms with van der Waals surface area (Å²) in [7, 11) is 0. The Morgan fingerprint density at radius 1 is 1.36 bits per heavy atom. The summed E-state index contributed by atoms with van der Waals surface area (Å²) in [6.45, 7) is 4.18. The zero-order valence-corrected chi connectivity index (χ0v) is 13.7. The summed E-state index contributed by atoms with van der Waals surface area (Å²) >= 11 is 0. The molecule has 4 rings (SSSR count). The number of halogens is 1. The molecule has 0 aliphatic carbocycles. The maximum atomic E-state index is 14.2. The van der Waals surface area contributed by atoms with Gasteiger partial charge in [0, 0.05) is 43.7 Å². The Balaban J connectivity index is 1.67. The third-order valence-electron chi connectivity index (χ3n) is 4.84. The van der Waals surface area contributed by atoms with Gasteiger partial charge in [0.25, 0.3) is 0 Å². The summed E-state index contributed by atoms with van der Waals surface area (Å²) in [5, 5.41) is 0.481. The second kappa shape index (κ2) is 5.73. The van der Waals surface area contributed by atoms with Gasteiger partial charge in [-0.05, 0) is 12.1 Å². The van der Waals surface area contributed by atoms with Crippen LogP contribution in [0.2, 0.25) is 0 Å². The first-order chi connectivity index (χ1) is 12.0. The third kappa shape index (κ3) is 2.53. The highest BCUT2D eigenvalue weighted by atomic mass is 19.1. The van der Waals surface area contributed by atoms with Crippen molar-refractivity contribution < 1.29 is 18.7 Å². The molecule has 1 spiro atoms. The van der Waals surface area contributed by atoms with Gasteiger partial charge in [-0.3, -0.25) is 9.59 Å². The molecule has 2 aliphatic rings. The predicted octanol–water partition coefficient (Wildman–Crippen LogP) is 1.02. The van der Waals surface area contributed by atoms with Crippen molar-refractivity contribution in [1.29, 1.82) is 0 Å². The van der Waals surface area contributed by atoms with E-state index in [1.165, 1.54) is 12.3 Å². The van der Waals surface area contributed by atoms with Crippen LogP contribution in [0.15, 0.2) is 18.3 Å². The quantitative estimate of drug-likeness (QED) is 0.757. The van der Waals surface area contributed by atoms with Crippen molar-refractivity contribution in [2.24, 2.45) is 0 Å². The number of piperazine rings is 1. The molecule has 0 saturated carbocycles. The molecule has 0 bridgehead atoms. The molecule has 7 nitrogen and oxygen atoms in total. The zero-order chi connectivity index (χ0) is 17.6. The molecule has 2 saturated heterocycles. The van der Waals surface area contributed by atoms with Crippen LogP contribution in [0, 0.1) is 5.82 Å². The van der Waals surface area contributed by atoms with Crippen molar-refractivity contribution in [2.45, 2.75) is 12.5 Å². The van der Waals surface area contributed by atoms with E-state index in [9.17, 15) is 14.0 Å². The largest absolute Gasteiger partial charge is 0.376 e. The van der Waals surface area contributed by atoms with E-state index >= 15 is 0 Å². The van der Waals surface area contributed by atoms with Crippen LogP contribution in [-0.2, 0) is 9.53 Å². The Labute approximate surface area is 143 Å². The lowest BCUT2D eigenvalue weighted by atomic mass is 9.91. The molecule has 1 aromatic carbocycles. The van der Waals surface area contributed by atoms with Crippen LogP contribution in [0.1, 0.15) is 17.3 Å². The van der Waals surface area contributed by atoms with Crippen LogP contribution in [0.5, 0.6) is 0 Å². The number of amides is 1. The number of carbonyl (C=O) groups is 2. The standard InChI is InChI=1S/C17H17FN4O3/c1-11(24)22-3-2-21(8-17(22)9-25-10-17)16-19-6-13-4-12(7-23)5-14(18)15(13)20-16/h4-7H,2-3,8-10H2,1H3. The molecule has 2 aromatic rings. The molecule has 130 valence electrons. The second-order valence-corrected chi connectivity index (χ2v) is 6.54. The van der Waals surface area contributed by atoms with Gasteiger partial charge < -0.3 is 14.5 Å². The summed E-state index contributed by atoms with van der Waals surface area (Å²) < 4.78 is 19.6. The number of aromatic nitrogens is 2. The average Bonchev–Trinajstić information content (AvgIpc) is 2.59. The van der Waals surface area contributed by atoms with Crippen LogP contribution in [0.3, 0.4) is 0 Å². The molecule has 3 heterocycles. The number of benzene rings is 1. The first-order valence-corrected chi connectivity index (χ1v) is 8.05. The molecule has 1 aromatic heterocycles. The number of nitrogens with zero attached hydrogens (tertiary/aromatic N) is 4. The number of hydrogen-bond acceptors (Lipinski definition) is 6. The van der Waals surface area contributed by atoms with Gasteiger partial charge in [0.15, 0.2) is 0 Å². The summed E-state index contributed by atoms with van der Waals surface area (Å²) in [4.78, 5) is 35.2. The topological polar surface area (TPSA) is 75.6 Å². The number of carbonyl (C=O) groups excluding carboxylic acids is 2. The van der Waals surface area contributed by atoms with Gasteiger partial charge >= 0.3 is 0 Å². The Hall–Kier alpha value is -2.61. The third-order valence-corrected chi connectivity index (χ3v) is 4.84. The molecule has 25 heavy (non-hydrogen) atoms. The van der Waals surface area contributed by atoms with Crippen molar-refractivity contribution in [2.75, 3.05) is 37.7 Å². The second-order valence-electron chi connectivity index (χ2n) is 6.54. The summed E-state index contributed by atoms with van der Waals surface area (Å²) in [6.07, 6.45) is 2.12. The minimum atomic E-state index is -0.549. The molecular formula is C17H17FN4O3. The molecule has 8 heteroatoms. The first-order valence-electron chi connectivity index (χ1n) is 8.05. The molecule has 2 fully saturated rings. The average molecular weight is 344 g/mol. The number of hydrogen-bond donors (Lipinski definition) is 0. The summed E-state index contributed by atoms with van der Waals surface area (Å²) in [6, 6.07) is 2.73. The van der Waals surface area contributed by atoms with Crippen molar-refractivity contribution in [3.05, 3.63) is 29.7 Å². The summed E-state index contributed by atoms with van der Waals surface area (Å²) in [5.74, 6) is -0.109. The van der Waals surface area contributed by atoms with Gasteiger partial charge in [-0.1, -0.05) is 0 Å². The van der Waals surface area contributed by atoms with E-state index in [-0.39, 0.29) is 22.5 Å². The fourth-order valence-electron chi connectivity index (χ4n) is 3.56. The normalized spacial score (nSPS) is 19.1. The van der Waals surface area contributed by atoms with Crippen LogP contribution >= 0.6 is 0 Å². The van der Waals surface area contributed by atoms with E-state index in [0.717, 1.165) is 0 Å². The lowest BCUT2D eigenvalue weighted by Gasteiger charge is -2.54. The van der Waals surface area contributed by atoms with Gasteiger partial charge in [-0.2, -0.15) is 0 Å². The van der Waals surface area contributed by atoms with E-state index in [0.29, 0.717) is 50.5 Å². The fraction of sp³-hybridized carbons (Fsp3) is 0.412. The predicted molar refractivity (Wildman–Crippen MR) is 88.0 cm³/mol. The van der Waals surface area contributed by atoms with E-state index in [2.05, 4.69) is 9.97 Å². The molecule has 1 amide bonds. The number of rotatable bonds is 2. The van der Waals surface area contributed by atoms with Gasteiger partial charge in [-0.15, -0.1) is 0 Å². The Kier molecular flexibility index (Phi) is 3.64. The highest BCUT2D eigenvalue weighted by molar-refractivity contribution is 5.87. The van der Waals surface area contributed by atoms with Crippen molar-refractivity contribution >= 4 is 29.0 Å². The molecule has 0 atom stereocenters. The van der Waals surface area contributed by atoms with Crippen LogP contribution in [0.4, 0.5) is 10.3 Å². The maximum Gasteiger partial charge on any atom is 0.226 e. The van der Waals surface area contributed by atoms with Gasteiger partial charge in [0.05, 0.1) is 13.2 Å². The van der Waals surface area contributed by atoms with Gasteiger partial charge in [-0.25, -0.2) is 14.4 Å². The van der Waals surface area contributed by atoms with Crippen LogP contribution in [-0.4, -0.2) is 65.4 Å². The Morgan fingerprint density at radius 2 is 2.16 bits per heavy atom. The highest BCUT2D eigenvalue weighted by Crippen LogP contribution is 2.31. The van der Waals surface area contributed by atoms with Crippen molar-refractivity contribution in [3.8, 4) is 0 Å². The molecule has 0 unspecified atom stereocenters. The Morgan fingerprint density at radius 3 is 2.80 bits per heavy atom. The smallest absolute Gasteiger partial charge is 0.226 e. The van der Waals surface area contributed by atoms with E-state index in [1.54, 1.807) is 13.0 Å². The lowest BCUT2D eigenvalue weighted by molar-refractivity contribution is -0.167. The van der Waals surface area contributed by atoms with E-state index in [4.69, 9.17) is 4.74 Å². The SMILES string of the molecule is CC(=O)N1CCN(c2ncc3cc(C=O)cc(F)c3n2)CC12COC2. The van der Waals surface area contributed by atoms with Crippen molar-refractivity contribution in [3.63, 3.8) is 0 Å². The van der Waals surface area contributed by atoms with E-state index < -0.39 is 5.82 Å². The number of fused-ring (bicyclic) bond motifs is 1. The molecular weight excluding hydrogens is 327 g/mol. The Bertz CT molecular complexity index is 868. The number of aldehydes is 1. The fourth-order valence-corrected chi connectivity index (χ4v) is 3.56. The first kappa shape index (κ1) is 15.9. The van der Waals surface area contributed by atoms with Gasteiger partial charge in [0.1, 0.15) is 23.2 Å². The lowest BCUT2D eigenvalue weighted by Crippen LogP contribution is -2.72. The molecule has 0 N–H and O–H groups in total. The van der Waals surface area contributed by atoms with Crippen LogP contribution in [0.25, 0.3) is 10.9 Å². The minimum absolute atomic E-state index is 0.0230. The van der Waals surface area contributed by atoms with Crippen molar-refractivity contribution in [1.82, 2.24) is 14.9 Å². The number of anilines is 1. The highest BCUT2D eigenvalue weighted by Gasteiger charge is 2.49. The van der Waals surface area contributed by atoms with E-state index in [1.807, 2.05) is 9.80 Å². The monoisotopic (exact) mass is 344 g/mol. The zero-order valence-electron chi connectivity index (χ0n) is 13.7. The molecule has 2 aliphatic heterocycles. The number of ether oxygens (including phenoxy) is 1. The molecule has 0 radical (unpaired) electrons. The maximum absolute atomic E-state index is 14.2. The minimum Gasteiger partial charge on any atom is -0.376 e. The summed E-state index contributed by atoms with van der Waals surface area (Å²) in [5.41, 5.74) is 0.0768. The van der Waals surface area contributed by atoms with Gasteiger partial charge in [0.2, 0.25) is 11.9 Å². The van der Waals surface area contributed by atoms with Crippen LogP contribution < -0.4 is 4.90 Å².